The van der Waals surface area contributed by atoms with Crippen LogP contribution in [-0.2, 0) is 11.2 Å². The quantitative estimate of drug-likeness (QED) is 0.849. The number of hydrogen-bond acceptors (Lipinski definition) is 4. The highest BCUT2D eigenvalue weighted by molar-refractivity contribution is 6.18. The predicted molar refractivity (Wildman–Crippen MR) is 84.7 cm³/mol. The van der Waals surface area contributed by atoms with Crippen molar-refractivity contribution in [3.05, 3.63) is 23.4 Å². The number of fused-ring (bicyclic) bond motifs is 2. The Morgan fingerprint density at radius 1 is 1.30 bits per heavy atom. The fourth-order valence-electron chi connectivity index (χ4n) is 2.89. The molecular weight excluding hydrogens is 322 g/mol. The number of nitrogens with zero attached hydrogens (tertiary/aromatic N) is 1. The van der Waals surface area contributed by atoms with Gasteiger partial charge < -0.3 is 14.6 Å². The van der Waals surface area contributed by atoms with Crippen molar-refractivity contribution >= 4 is 34.4 Å². The third kappa shape index (κ3) is 2.74. The van der Waals surface area contributed by atoms with Crippen LogP contribution in [0.15, 0.2) is 12.1 Å². The van der Waals surface area contributed by atoms with Gasteiger partial charge in [0.1, 0.15) is 0 Å². The zero-order chi connectivity index (χ0) is 16.6. The molecule has 2 aromatic rings. The Morgan fingerprint density at radius 2 is 2.00 bits per heavy atom. The maximum atomic E-state index is 12.5. The summed E-state index contributed by atoms with van der Waals surface area (Å²) in [4.78, 5) is 23.7. The summed E-state index contributed by atoms with van der Waals surface area (Å²) in [5, 5.41) is 9.87. The number of carboxylic acids is 1. The molecule has 1 aromatic carbocycles. The zero-order valence-electron chi connectivity index (χ0n) is 12.6. The minimum atomic E-state index is -0.946. The molecule has 1 aliphatic heterocycles. The van der Waals surface area contributed by atoms with Gasteiger partial charge in [-0.05, 0) is 25.0 Å². The molecule has 0 unspecified atom stereocenters. The van der Waals surface area contributed by atoms with E-state index >= 15 is 0 Å². The third-order valence-electron chi connectivity index (χ3n) is 3.93. The molecule has 0 saturated heterocycles. The highest BCUT2D eigenvalue weighted by Gasteiger charge is 2.24. The molecule has 6 nitrogen and oxygen atoms in total. The van der Waals surface area contributed by atoms with Crippen molar-refractivity contribution in [3.63, 3.8) is 0 Å². The first-order valence-electron chi connectivity index (χ1n) is 7.27. The number of halogens is 1. The van der Waals surface area contributed by atoms with E-state index in [0.717, 1.165) is 0 Å². The molecule has 122 valence electrons. The normalized spacial score (nSPS) is 12.8. The van der Waals surface area contributed by atoms with Crippen LogP contribution in [-0.4, -0.2) is 34.2 Å². The van der Waals surface area contributed by atoms with Gasteiger partial charge in [-0.25, -0.2) is 0 Å². The average Bonchev–Trinajstić information content (AvgIpc) is 3.06. The van der Waals surface area contributed by atoms with Gasteiger partial charge in [-0.2, -0.15) is 0 Å². The van der Waals surface area contributed by atoms with Crippen LogP contribution in [0.1, 0.15) is 28.9 Å². The zero-order valence-corrected chi connectivity index (χ0v) is 13.4. The van der Waals surface area contributed by atoms with Crippen molar-refractivity contribution in [2.75, 3.05) is 12.7 Å². The monoisotopic (exact) mass is 337 g/mol. The number of ether oxygens (including phenoxy) is 2. The molecule has 0 aliphatic carbocycles. The highest BCUT2D eigenvalue weighted by atomic mass is 35.5. The molecule has 0 radical (unpaired) electrons. The maximum Gasteiger partial charge on any atom is 0.307 e. The van der Waals surface area contributed by atoms with Gasteiger partial charge in [0.25, 0.3) is 0 Å². The van der Waals surface area contributed by atoms with Crippen molar-refractivity contribution in [1.29, 1.82) is 0 Å². The van der Waals surface area contributed by atoms with Crippen molar-refractivity contribution in [2.45, 2.75) is 26.2 Å². The summed E-state index contributed by atoms with van der Waals surface area (Å²) in [7, 11) is 0. The molecule has 2 heterocycles. The summed E-state index contributed by atoms with van der Waals surface area (Å²) in [6, 6.07) is 3.48. The smallest absolute Gasteiger partial charge is 0.307 e. The van der Waals surface area contributed by atoms with Gasteiger partial charge in [-0.1, -0.05) is 0 Å². The lowest BCUT2D eigenvalue weighted by atomic mass is 10.1. The van der Waals surface area contributed by atoms with Crippen LogP contribution in [0.5, 0.6) is 11.5 Å². The van der Waals surface area contributed by atoms with Gasteiger partial charge in [0.05, 0.1) is 11.9 Å². The lowest BCUT2D eigenvalue weighted by Gasteiger charge is -2.07. The van der Waals surface area contributed by atoms with Crippen molar-refractivity contribution in [3.8, 4) is 11.5 Å². The fourth-order valence-corrected chi connectivity index (χ4v) is 3.03. The van der Waals surface area contributed by atoms with E-state index in [1.54, 1.807) is 23.6 Å². The summed E-state index contributed by atoms with van der Waals surface area (Å²) in [6.07, 6.45) is 0.713. The van der Waals surface area contributed by atoms with E-state index in [-0.39, 0.29) is 19.1 Å². The first-order valence-corrected chi connectivity index (χ1v) is 7.81. The van der Waals surface area contributed by atoms with Crippen LogP contribution in [0.2, 0.25) is 0 Å². The summed E-state index contributed by atoms with van der Waals surface area (Å²) in [5.74, 6) is 0.470. The molecule has 0 spiro atoms. The van der Waals surface area contributed by atoms with E-state index in [4.69, 9.17) is 26.2 Å². The molecule has 1 aromatic heterocycles. The standard InChI is InChI=1S/C16H16ClNO5/c1-9-10(6-16(20)21)11-5-13-14(23-8-22-13)7-12(11)18(9)15(19)3-2-4-17/h5,7H,2-4,6,8H2,1H3,(H,20,21). The molecule has 3 rings (SSSR count). The molecule has 0 atom stereocenters. The summed E-state index contributed by atoms with van der Waals surface area (Å²) >= 11 is 5.67. The number of benzene rings is 1. The van der Waals surface area contributed by atoms with Crippen molar-refractivity contribution in [2.24, 2.45) is 0 Å². The second kappa shape index (κ2) is 6.12. The molecule has 0 bridgehead atoms. The van der Waals surface area contributed by atoms with E-state index < -0.39 is 5.97 Å². The molecule has 1 N–H and O–H groups in total. The Hall–Kier alpha value is -2.21. The van der Waals surface area contributed by atoms with Crippen molar-refractivity contribution in [1.82, 2.24) is 4.57 Å². The van der Waals surface area contributed by atoms with E-state index in [2.05, 4.69) is 0 Å². The van der Waals surface area contributed by atoms with Crippen LogP contribution in [0.25, 0.3) is 10.9 Å². The minimum absolute atomic E-state index is 0.108. The SMILES string of the molecule is Cc1c(CC(=O)O)c2cc3c(cc2n1C(=O)CCCCl)OCO3. The fraction of sp³-hybridized carbons (Fsp3) is 0.375. The van der Waals surface area contributed by atoms with E-state index in [9.17, 15) is 9.59 Å². The van der Waals surface area contributed by atoms with Crippen LogP contribution >= 0.6 is 11.6 Å². The molecular formula is C16H16ClNO5. The van der Waals surface area contributed by atoms with Crippen LogP contribution < -0.4 is 9.47 Å². The van der Waals surface area contributed by atoms with Gasteiger partial charge in [0, 0.05) is 29.4 Å². The Kier molecular flexibility index (Phi) is 4.17. The first-order chi connectivity index (χ1) is 11.0. The van der Waals surface area contributed by atoms with E-state index in [0.29, 0.717) is 52.4 Å². The van der Waals surface area contributed by atoms with Gasteiger partial charge in [-0.15, -0.1) is 11.6 Å². The van der Waals surface area contributed by atoms with Crippen LogP contribution in [0, 0.1) is 6.92 Å². The van der Waals surface area contributed by atoms with Gasteiger partial charge >= 0.3 is 5.97 Å². The molecule has 0 fully saturated rings. The summed E-state index contributed by atoms with van der Waals surface area (Å²) in [5.41, 5.74) is 1.89. The number of alkyl halides is 1. The number of rotatable bonds is 5. The topological polar surface area (TPSA) is 77.8 Å². The Bertz CT molecular complexity index is 796. The minimum Gasteiger partial charge on any atom is -0.481 e. The van der Waals surface area contributed by atoms with Crippen molar-refractivity contribution < 1.29 is 24.2 Å². The number of carbonyl (C=O) groups excluding carboxylic acids is 1. The van der Waals surface area contributed by atoms with E-state index in [1.807, 2.05) is 0 Å². The number of carboxylic acid groups (broad SMARTS) is 1. The van der Waals surface area contributed by atoms with Gasteiger partial charge in [0.2, 0.25) is 12.7 Å². The Balaban J connectivity index is 2.19. The lowest BCUT2D eigenvalue weighted by Crippen LogP contribution is -2.13. The molecule has 0 saturated carbocycles. The van der Waals surface area contributed by atoms with E-state index in [1.165, 1.54) is 0 Å². The largest absolute Gasteiger partial charge is 0.481 e. The molecule has 1 aliphatic rings. The summed E-state index contributed by atoms with van der Waals surface area (Å²) in [6.45, 7) is 1.87. The lowest BCUT2D eigenvalue weighted by molar-refractivity contribution is -0.136. The van der Waals surface area contributed by atoms with Gasteiger partial charge in [0.15, 0.2) is 11.5 Å². The van der Waals surface area contributed by atoms with Crippen LogP contribution in [0.4, 0.5) is 0 Å². The van der Waals surface area contributed by atoms with Crippen LogP contribution in [0.3, 0.4) is 0 Å². The Morgan fingerprint density at radius 3 is 2.65 bits per heavy atom. The third-order valence-corrected chi connectivity index (χ3v) is 4.20. The Labute approximate surface area is 137 Å². The number of aromatic nitrogens is 1. The number of carbonyl (C=O) groups is 2. The predicted octanol–water partition coefficient (Wildman–Crippen LogP) is 2.96. The molecule has 23 heavy (non-hydrogen) atoms. The second-order valence-electron chi connectivity index (χ2n) is 5.38. The summed E-state index contributed by atoms with van der Waals surface area (Å²) < 4.78 is 12.3. The number of aliphatic carboxylic acids is 1. The molecule has 7 heteroatoms. The first kappa shape index (κ1) is 15.7. The highest BCUT2D eigenvalue weighted by Crippen LogP contribution is 2.39. The number of hydrogen-bond donors (Lipinski definition) is 1. The average molecular weight is 338 g/mol. The van der Waals surface area contributed by atoms with Gasteiger partial charge in [-0.3, -0.25) is 14.2 Å². The molecule has 0 amide bonds. The maximum absolute atomic E-state index is 12.5. The second-order valence-corrected chi connectivity index (χ2v) is 5.76.